The van der Waals surface area contributed by atoms with E-state index in [2.05, 4.69) is 39.1 Å². The Kier molecular flexibility index (Phi) is 5.64. The molecule has 1 aliphatic carbocycles. The Morgan fingerprint density at radius 2 is 2.15 bits per heavy atom. The van der Waals surface area contributed by atoms with E-state index in [4.69, 9.17) is 5.10 Å². The molecule has 1 saturated heterocycles. The topological polar surface area (TPSA) is 50.2 Å². The number of benzene rings is 1. The van der Waals surface area contributed by atoms with Gasteiger partial charge in [0.2, 0.25) is 0 Å². The molecule has 144 valence electrons. The van der Waals surface area contributed by atoms with Gasteiger partial charge in [-0.3, -0.25) is 9.69 Å². The molecule has 1 atom stereocenters. The monoisotopic (exact) mass is 430 g/mol. The maximum atomic E-state index is 13.0. The molecule has 1 aliphatic heterocycles. The molecule has 4 rings (SSSR count). The lowest BCUT2D eigenvalue weighted by atomic mass is 9.95. The van der Waals surface area contributed by atoms with Crippen LogP contribution in [0.3, 0.4) is 0 Å². The van der Waals surface area contributed by atoms with Crippen molar-refractivity contribution in [3.05, 3.63) is 45.7 Å². The van der Waals surface area contributed by atoms with E-state index in [1.807, 2.05) is 22.9 Å². The number of amides is 1. The van der Waals surface area contributed by atoms with Crippen molar-refractivity contribution in [2.45, 2.75) is 51.5 Å². The average molecular weight is 431 g/mol. The number of hydrogen-bond donors (Lipinski definition) is 1. The zero-order chi connectivity index (χ0) is 18.8. The Balaban J connectivity index is 1.58. The van der Waals surface area contributed by atoms with Crippen LogP contribution >= 0.6 is 15.9 Å². The Bertz CT molecular complexity index is 832. The van der Waals surface area contributed by atoms with Crippen LogP contribution < -0.4 is 5.32 Å². The minimum Gasteiger partial charge on any atom is -0.349 e. The number of likely N-dealkylation sites (tertiary alicyclic amines) is 1. The first-order valence-electron chi connectivity index (χ1n) is 10.1. The summed E-state index contributed by atoms with van der Waals surface area (Å²) in [7, 11) is 0. The van der Waals surface area contributed by atoms with Gasteiger partial charge in [0.1, 0.15) is 0 Å². The fraction of sp³-hybridized carbons (Fsp3) is 0.524. The largest absolute Gasteiger partial charge is 0.349 e. The fourth-order valence-corrected chi connectivity index (χ4v) is 4.83. The zero-order valence-corrected chi connectivity index (χ0v) is 17.5. The second-order valence-corrected chi connectivity index (χ2v) is 8.42. The highest BCUT2D eigenvalue weighted by atomic mass is 79.9. The van der Waals surface area contributed by atoms with Crippen LogP contribution in [0, 0.1) is 0 Å². The maximum Gasteiger partial charge on any atom is 0.272 e. The van der Waals surface area contributed by atoms with Crippen LogP contribution in [-0.2, 0) is 12.8 Å². The molecule has 1 aromatic carbocycles. The first-order chi connectivity index (χ1) is 13.2. The Morgan fingerprint density at radius 1 is 1.30 bits per heavy atom. The lowest BCUT2D eigenvalue weighted by Crippen LogP contribution is -2.40. The second kappa shape index (κ2) is 8.15. The summed E-state index contributed by atoms with van der Waals surface area (Å²) >= 11 is 3.54. The number of fused-ring (bicyclic) bond motifs is 1. The fourth-order valence-electron chi connectivity index (χ4n) is 4.44. The lowest BCUT2D eigenvalue weighted by molar-refractivity contribution is 0.0935. The van der Waals surface area contributed by atoms with E-state index in [-0.39, 0.29) is 5.91 Å². The van der Waals surface area contributed by atoms with Crippen molar-refractivity contribution in [1.29, 1.82) is 0 Å². The van der Waals surface area contributed by atoms with Gasteiger partial charge in [-0.1, -0.05) is 28.9 Å². The molecular weight excluding hydrogens is 404 g/mol. The van der Waals surface area contributed by atoms with Crippen molar-refractivity contribution < 1.29 is 4.79 Å². The number of carbonyl (C=O) groups excluding carboxylic acids is 1. The number of rotatable bonds is 5. The highest BCUT2D eigenvalue weighted by Crippen LogP contribution is 2.28. The van der Waals surface area contributed by atoms with Crippen molar-refractivity contribution in [2.75, 3.05) is 19.6 Å². The summed E-state index contributed by atoms with van der Waals surface area (Å²) in [5.41, 5.74) is 3.96. The van der Waals surface area contributed by atoms with Gasteiger partial charge in [-0.15, -0.1) is 0 Å². The summed E-state index contributed by atoms with van der Waals surface area (Å²) in [5.74, 6) is -0.0233. The standard InChI is InChI=1S/C21H27BrN4O/c1-2-25-12-6-9-17(25)14-23-21(27)20-18-10-3-4-11-19(18)26(24-20)16-8-5-7-15(22)13-16/h5,7-8,13,17H,2-4,6,9-12,14H2,1H3,(H,23,27). The van der Waals surface area contributed by atoms with Gasteiger partial charge in [0.25, 0.3) is 5.91 Å². The van der Waals surface area contributed by atoms with Gasteiger partial charge in [-0.05, 0) is 69.8 Å². The third-order valence-corrected chi connectivity index (χ3v) is 6.34. The first kappa shape index (κ1) is 18.7. The summed E-state index contributed by atoms with van der Waals surface area (Å²) in [6.07, 6.45) is 6.59. The smallest absolute Gasteiger partial charge is 0.272 e. The molecule has 27 heavy (non-hydrogen) atoms. The number of nitrogens with one attached hydrogen (secondary N) is 1. The van der Waals surface area contributed by atoms with E-state index in [1.165, 1.54) is 18.5 Å². The number of carbonyl (C=O) groups is 1. The molecule has 0 bridgehead atoms. The SMILES string of the molecule is CCN1CCCC1CNC(=O)c1nn(-c2cccc(Br)c2)c2c1CCCC2. The minimum absolute atomic E-state index is 0.0233. The van der Waals surface area contributed by atoms with Gasteiger partial charge in [-0.25, -0.2) is 4.68 Å². The van der Waals surface area contributed by atoms with Crippen LogP contribution in [0.4, 0.5) is 0 Å². The van der Waals surface area contributed by atoms with E-state index in [1.54, 1.807) is 0 Å². The van der Waals surface area contributed by atoms with Gasteiger partial charge in [-0.2, -0.15) is 5.10 Å². The van der Waals surface area contributed by atoms with Gasteiger partial charge >= 0.3 is 0 Å². The quantitative estimate of drug-likeness (QED) is 0.785. The van der Waals surface area contributed by atoms with Crippen molar-refractivity contribution in [1.82, 2.24) is 20.0 Å². The molecule has 6 heteroatoms. The van der Waals surface area contributed by atoms with Crippen LogP contribution in [0.2, 0.25) is 0 Å². The number of hydrogen-bond acceptors (Lipinski definition) is 3. The van der Waals surface area contributed by atoms with Crippen LogP contribution in [-0.4, -0.2) is 46.3 Å². The van der Waals surface area contributed by atoms with Gasteiger partial charge in [0, 0.05) is 28.3 Å². The van der Waals surface area contributed by atoms with Gasteiger partial charge in [0.15, 0.2) is 5.69 Å². The van der Waals surface area contributed by atoms with Crippen LogP contribution in [0.1, 0.15) is 54.4 Å². The summed E-state index contributed by atoms with van der Waals surface area (Å²) in [4.78, 5) is 15.4. The maximum absolute atomic E-state index is 13.0. The van der Waals surface area contributed by atoms with E-state index in [0.717, 1.165) is 54.5 Å². The first-order valence-corrected chi connectivity index (χ1v) is 10.9. The van der Waals surface area contributed by atoms with E-state index >= 15 is 0 Å². The second-order valence-electron chi connectivity index (χ2n) is 7.51. The van der Waals surface area contributed by atoms with Gasteiger partial charge < -0.3 is 5.32 Å². The molecule has 2 aromatic rings. The molecule has 1 unspecified atom stereocenters. The summed E-state index contributed by atoms with van der Waals surface area (Å²) in [6, 6.07) is 8.58. The third kappa shape index (κ3) is 3.83. The van der Waals surface area contributed by atoms with E-state index < -0.39 is 0 Å². The average Bonchev–Trinajstić information content (AvgIpc) is 3.30. The molecule has 5 nitrogen and oxygen atoms in total. The summed E-state index contributed by atoms with van der Waals surface area (Å²) in [5, 5.41) is 7.92. The lowest BCUT2D eigenvalue weighted by Gasteiger charge is -2.22. The summed E-state index contributed by atoms with van der Waals surface area (Å²) in [6.45, 7) is 5.10. The van der Waals surface area contributed by atoms with Crippen molar-refractivity contribution >= 4 is 21.8 Å². The number of likely N-dealkylation sites (N-methyl/N-ethyl adjacent to an activating group) is 1. The Morgan fingerprint density at radius 3 is 2.96 bits per heavy atom. The van der Waals surface area contributed by atoms with Crippen molar-refractivity contribution in [3.63, 3.8) is 0 Å². The zero-order valence-electron chi connectivity index (χ0n) is 15.9. The molecule has 1 aromatic heterocycles. The molecule has 0 spiro atoms. The highest BCUT2D eigenvalue weighted by molar-refractivity contribution is 9.10. The predicted molar refractivity (Wildman–Crippen MR) is 111 cm³/mol. The molecular formula is C21H27BrN4O. The van der Waals surface area contributed by atoms with Crippen LogP contribution in [0.15, 0.2) is 28.7 Å². The molecule has 1 N–H and O–H groups in total. The highest BCUT2D eigenvalue weighted by Gasteiger charge is 2.27. The number of nitrogens with zero attached hydrogens (tertiary/aromatic N) is 3. The Hall–Kier alpha value is -1.66. The third-order valence-electron chi connectivity index (χ3n) is 5.85. The number of halogens is 1. The Labute approximate surface area is 169 Å². The molecule has 0 radical (unpaired) electrons. The van der Waals surface area contributed by atoms with Crippen LogP contribution in [0.25, 0.3) is 5.69 Å². The minimum atomic E-state index is -0.0233. The summed E-state index contributed by atoms with van der Waals surface area (Å²) < 4.78 is 2.99. The van der Waals surface area contributed by atoms with Gasteiger partial charge in [0.05, 0.1) is 5.69 Å². The molecule has 0 saturated carbocycles. The normalized spacial score (nSPS) is 19.9. The predicted octanol–water partition coefficient (Wildman–Crippen LogP) is 3.73. The van der Waals surface area contributed by atoms with Crippen molar-refractivity contribution in [2.24, 2.45) is 0 Å². The van der Waals surface area contributed by atoms with Crippen LogP contribution in [0.5, 0.6) is 0 Å². The van der Waals surface area contributed by atoms with E-state index in [9.17, 15) is 4.79 Å². The molecule has 1 amide bonds. The van der Waals surface area contributed by atoms with Crippen molar-refractivity contribution in [3.8, 4) is 5.69 Å². The molecule has 2 aliphatic rings. The number of aromatic nitrogens is 2. The van der Waals surface area contributed by atoms with E-state index in [0.29, 0.717) is 18.3 Å². The molecule has 2 heterocycles. The molecule has 1 fully saturated rings.